The van der Waals surface area contributed by atoms with Crippen LogP contribution in [-0.4, -0.2) is 67.1 Å². The topological polar surface area (TPSA) is 120 Å². The molecule has 2 aromatic carbocycles. The number of carbonyl (C=O) groups is 2. The van der Waals surface area contributed by atoms with E-state index in [1.165, 1.54) is 6.07 Å². The molecular formula is C28H31N5O5. The highest BCUT2D eigenvalue weighted by molar-refractivity contribution is 5.84. The van der Waals surface area contributed by atoms with Gasteiger partial charge in [-0.25, -0.2) is 0 Å². The molecule has 0 N–H and O–H groups in total. The fourth-order valence-corrected chi connectivity index (χ4v) is 6.13. The Balaban J connectivity index is 1.47. The Bertz CT molecular complexity index is 1290. The molecule has 2 aromatic rings. The SMILES string of the molecule is CCOC(=O)[C@@H]1CCCN(C(=O)[C@@H]2Cc3cc([N+](=O)[O-])ccc3N3CCN(c4ccccc4C#N)C[C@H]23)C1. The first-order chi connectivity index (χ1) is 18.4. The van der Waals surface area contributed by atoms with Gasteiger partial charge >= 0.3 is 5.97 Å². The average molecular weight is 518 g/mol. The molecule has 3 heterocycles. The number of nitro groups is 1. The van der Waals surface area contributed by atoms with Gasteiger partial charge in [-0.05, 0) is 49.9 Å². The first-order valence-electron chi connectivity index (χ1n) is 13.1. The molecule has 1 amide bonds. The molecule has 3 atom stereocenters. The van der Waals surface area contributed by atoms with Crippen LogP contribution >= 0.6 is 0 Å². The van der Waals surface area contributed by atoms with Crippen molar-refractivity contribution in [3.8, 4) is 6.07 Å². The Morgan fingerprint density at radius 1 is 1.13 bits per heavy atom. The quantitative estimate of drug-likeness (QED) is 0.337. The summed E-state index contributed by atoms with van der Waals surface area (Å²) in [7, 11) is 0. The number of ether oxygens (including phenoxy) is 1. The molecule has 2 saturated heterocycles. The number of carbonyl (C=O) groups excluding carboxylic acids is 2. The van der Waals surface area contributed by atoms with E-state index in [4.69, 9.17) is 4.74 Å². The van der Waals surface area contributed by atoms with Crippen LogP contribution in [0.25, 0.3) is 0 Å². The molecule has 10 nitrogen and oxygen atoms in total. The van der Waals surface area contributed by atoms with E-state index in [2.05, 4.69) is 15.9 Å². The van der Waals surface area contributed by atoms with E-state index in [9.17, 15) is 25.0 Å². The number of amides is 1. The van der Waals surface area contributed by atoms with E-state index in [1.807, 2.05) is 18.2 Å². The Morgan fingerprint density at radius 3 is 2.71 bits per heavy atom. The van der Waals surface area contributed by atoms with E-state index in [0.717, 1.165) is 23.4 Å². The highest BCUT2D eigenvalue weighted by Gasteiger charge is 2.44. The number of non-ortho nitro benzene ring substituents is 1. The number of nitrogens with zero attached hydrogens (tertiary/aromatic N) is 5. The van der Waals surface area contributed by atoms with Gasteiger partial charge in [0.25, 0.3) is 5.69 Å². The summed E-state index contributed by atoms with van der Waals surface area (Å²) in [4.78, 5) is 43.7. The molecule has 38 heavy (non-hydrogen) atoms. The number of benzene rings is 2. The number of piperazine rings is 1. The minimum absolute atomic E-state index is 0.00956. The molecule has 0 spiro atoms. The number of hydrogen-bond acceptors (Lipinski definition) is 8. The van der Waals surface area contributed by atoms with Crippen molar-refractivity contribution in [3.63, 3.8) is 0 Å². The van der Waals surface area contributed by atoms with Crippen LogP contribution in [0.1, 0.15) is 30.9 Å². The predicted molar refractivity (Wildman–Crippen MR) is 141 cm³/mol. The molecule has 0 radical (unpaired) electrons. The first kappa shape index (κ1) is 25.5. The fraction of sp³-hybridized carbons (Fsp3) is 0.464. The van der Waals surface area contributed by atoms with Crippen molar-refractivity contribution >= 4 is 28.9 Å². The molecular weight excluding hydrogens is 486 g/mol. The zero-order valence-electron chi connectivity index (χ0n) is 21.4. The lowest BCUT2D eigenvalue weighted by atomic mass is 9.82. The standard InChI is InChI=1S/C28H31N5O5/c1-2-38-28(35)20-7-5-11-31(17-20)27(34)23-15-21-14-22(33(36)37)9-10-25(21)32-13-12-30(18-26(23)32)24-8-4-3-6-19(24)16-29/h3-4,6,8-10,14,20,23,26H,2,5,7,11-13,15,17-18H2,1H3/t20-,23-,26-/m1/s1. The Morgan fingerprint density at radius 2 is 1.95 bits per heavy atom. The van der Waals surface area contributed by atoms with E-state index >= 15 is 0 Å². The van der Waals surface area contributed by atoms with Gasteiger partial charge in [-0.3, -0.25) is 19.7 Å². The van der Waals surface area contributed by atoms with E-state index < -0.39 is 10.8 Å². The van der Waals surface area contributed by atoms with Crippen LogP contribution in [0, 0.1) is 33.3 Å². The molecule has 0 saturated carbocycles. The maximum atomic E-state index is 14.1. The third-order valence-electron chi connectivity index (χ3n) is 7.94. The number of para-hydroxylation sites is 1. The summed E-state index contributed by atoms with van der Waals surface area (Å²) in [6.07, 6.45) is 1.79. The number of rotatable bonds is 5. The summed E-state index contributed by atoms with van der Waals surface area (Å²) in [5.41, 5.74) is 3.15. The van der Waals surface area contributed by atoms with Crippen LogP contribution in [0.5, 0.6) is 0 Å². The summed E-state index contributed by atoms with van der Waals surface area (Å²) in [5, 5.41) is 21.1. The fourth-order valence-electron chi connectivity index (χ4n) is 6.13. The van der Waals surface area contributed by atoms with Crippen LogP contribution in [0.3, 0.4) is 0 Å². The van der Waals surface area contributed by atoms with Crippen LogP contribution in [-0.2, 0) is 20.7 Å². The highest BCUT2D eigenvalue weighted by Crippen LogP contribution is 2.40. The van der Waals surface area contributed by atoms with Crippen LogP contribution in [0.4, 0.5) is 17.1 Å². The Kier molecular flexibility index (Phi) is 7.18. The number of nitro benzene ring substituents is 1. The number of likely N-dealkylation sites (tertiary alicyclic amines) is 1. The Hall–Kier alpha value is -4.13. The molecule has 0 bridgehead atoms. The zero-order chi connectivity index (χ0) is 26.8. The molecule has 3 aliphatic rings. The van der Waals surface area contributed by atoms with Crippen molar-refractivity contribution in [3.05, 3.63) is 63.7 Å². The van der Waals surface area contributed by atoms with Gasteiger partial charge in [0.1, 0.15) is 6.07 Å². The van der Waals surface area contributed by atoms with E-state index in [0.29, 0.717) is 57.7 Å². The lowest BCUT2D eigenvalue weighted by Gasteiger charge is -2.50. The second kappa shape index (κ2) is 10.7. The summed E-state index contributed by atoms with van der Waals surface area (Å²) >= 11 is 0. The van der Waals surface area contributed by atoms with Gasteiger partial charge in [0, 0.05) is 50.5 Å². The van der Waals surface area contributed by atoms with Gasteiger partial charge in [0.2, 0.25) is 5.91 Å². The normalized spacial score (nSPS) is 22.6. The summed E-state index contributed by atoms with van der Waals surface area (Å²) in [6, 6.07) is 14.5. The first-order valence-corrected chi connectivity index (χ1v) is 13.1. The van der Waals surface area contributed by atoms with Crippen molar-refractivity contribution in [1.29, 1.82) is 5.26 Å². The Labute approximate surface area is 221 Å². The summed E-state index contributed by atoms with van der Waals surface area (Å²) in [5.74, 6) is -1.09. The molecule has 198 valence electrons. The number of hydrogen-bond donors (Lipinski definition) is 0. The smallest absolute Gasteiger partial charge is 0.310 e. The number of nitriles is 1. The van der Waals surface area contributed by atoms with Gasteiger partial charge in [-0.1, -0.05) is 12.1 Å². The van der Waals surface area contributed by atoms with Gasteiger partial charge < -0.3 is 19.4 Å². The number of esters is 1. The maximum absolute atomic E-state index is 14.1. The van der Waals surface area contributed by atoms with Gasteiger partial charge in [-0.2, -0.15) is 5.26 Å². The van der Waals surface area contributed by atoms with Crippen LogP contribution < -0.4 is 9.80 Å². The predicted octanol–water partition coefficient (Wildman–Crippen LogP) is 3.14. The van der Waals surface area contributed by atoms with E-state index in [-0.39, 0.29) is 29.5 Å². The van der Waals surface area contributed by atoms with E-state index in [1.54, 1.807) is 30.0 Å². The summed E-state index contributed by atoms with van der Waals surface area (Å²) < 4.78 is 5.23. The largest absolute Gasteiger partial charge is 0.466 e. The van der Waals surface area contributed by atoms with Gasteiger partial charge in [-0.15, -0.1) is 0 Å². The van der Waals surface area contributed by atoms with Crippen molar-refractivity contribution in [2.45, 2.75) is 32.2 Å². The minimum atomic E-state index is -0.442. The number of piperidine rings is 1. The van der Waals surface area contributed by atoms with Crippen molar-refractivity contribution in [2.24, 2.45) is 11.8 Å². The molecule has 10 heteroatoms. The van der Waals surface area contributed by atoms with Crippen molar-refractivity contribution < 1.29 is 19.2 Å². The molecule has 0 unspecified atom stereocenters. The minimum Gasteiger partial charge on any atom is -0.466 e. The van der Waals surface area contributed by atoms with Crippen LogP contribution in [0.2, 0.25) is 0 Å². The third-order valence-corrected chi connectivity index (χ3v) is 7.94. The summed E-state index contributed by atoms with van der Waals surface area (Å²) in [6.45, 7) is 4.78. The van der Waals surface area contributed by atoms with Crippen molar-refractivity contribution in [2.75, 3.05) is 49.1 Å². The molecule has 0 aromatic heterocycles. The number of anilines is 2. The third kappa shape index (κ3) is 4.76. The lowest BCUT2D eigenvalue weighted by molar-refractivity contribution is -0.384. The maximum Gasteiger partial charge on any atom is 0.310 e. The monoisotopic (exact) mass is 517 g/mol. The lowest BCUT2D eigenvalue weighted by Crippen LogP contribution is -2.62. The van der Waals surface area contributed by atoms with Gasteiger partial charge in [0.05, 0.1) is 40.7 Å². The molecule has 5 rings (SSSR count). The molecule has 3 aliphatic heterocycles. The second-order valence-corrected chi connectivity index (χ2v) is 10.1. The molecule has 0 aliphatic carbocycles. The molecule has 2 fully saturated rings. The van der Waals surface area contributed by atoms with Gasteiger partial charge in [0.15, 0.2) is 0 Å². The highest BCUT2D eigenvalue weighted by atomic mass is 16.6. The average Bonchev–Trinajstić information content (AvgIpc) is 2.95. The van der Waals surface area contributed by atoms with Crippen molar-refractivity contribution in [1.82, 2.24) is 4.90 Å². The number of fused-ring (bicyclic) bond motifs is 3. The zero-order valence-corrected chi connectivity index (χ0v) is 21.4. The van der Waals surface area contributed by atoms with Crippen LogP contribution in [0.15, 0.2) is 42.5 Å². The second-order valence-electron chi connectivity index (χ2n) is 10.1.